The third-order valence-electron chi connectivity index (χ3n) is 3.97. The maximum Gasteiger partial charge on any atom is 0.104 e. The molecule has 106 valence electrons. The third kappa shape index (κ3) is 2.94. The van der Waals surface area contributed by atoms with Crippen LogP contribution in [0.2, 0.25) is 0 Å². The Morgan fingerprint density at radius 1 is 1.14 bits per heavy atom. The molecule has 0 fully saturated rings. The van der Waals surface area contributed by atoms with E-state index in [4.69, 9.17) is 5.11 Å². The molecule has 2 heteroatoms. The molecular weight excluding hydrogens is 258 g/mol. The maximum atomic E-state index is 8.71. The normalized spacial score (nSPS) is 16.3. The fraction of sp³-hybridized carbons (Fsp3) is 0.263. The van der Waals surface area contributed by atoms with Gasteiger partial charge < -0.3 is 10.0 Å². The van der Waals surface area contributed by atoms with Crippen LogP contribution in [-0.4, -0.2) is 17.8 Å². The number of hydrogen-bond acceptors (Lipinski definition) is 2. The molecule has 0 aliphatic carbocycles. The molecule has 0 saturated carbocycles. The molecule has 2 nitrogen and oxygen atoms in total. The molecule has 0 bridgehead atoms. The average Bonchev–Trinajstić information content (AvgIpc) is 2.83. The minimum atomic E-state index is -0.0934. The smallest absolute Gasteiger partial charge is 0.104 e. The molecule has 0 amide bonds. The zero-order chi connectivity index (χ0) is 14.7. The number of benzene rings is 2. The van der Waals surface area contributed by atoms with Gasteiger partial charge in [0, 0.05) is 23.8 Å². The van der Waals surface area contributed by atoms with Crippen LogP contribution >= 0.6 is 0 Å². The van der Waals surface area contributed by atoms with Crippen molar-refractivity contribution in [1.29, 1.82) is 0 Å². The van der Waals surface area contributed by atoms with E-state index >= 15 is 0 Å². The van der Waals surface area contributed by atoms with Gasteiger partial charge in [0.25, 0.3) is 0 Å². The van der Waals surface area contributed by atoms with Crippen LogP contribution in [0, 0.1) is 11.8 Å². The number of aliphatic hydroxyl groups is 1. The number of nitrogens with zero attached hydrogens (tertiary/aromatic N) is 1. The van der Waals surface area contributed by atoms with Gasteiger partial charge >= 0.3 is 0 Å². The van der Waals surface area contributed by atoms with Gasteiger partial charge in [-0.05, 0) is 42.7 Å². The molecule has 1 unspecified atom stereocenters. The van der Waals surface area contributed by atoms with Crippen LogP contribution in [0.3, 0.4) is 0 Å². The van der Waals surface area contributed by atoms with Crippen LogP contribution in [0.15, 0.2) is 48.5 Å². The predicted octanol–water partition coefficient (Wildman–Crippen LogP) is 2.98. The summed E-state index contributed by atoms with van der Waals surface area (Å²) >= 11 is 0. The van der Waals surface area contributed by atoms with E-state index in [9.17, 15) is 0 Å². The molecule has 1 aliphatic heterocycles. The second-order valence-electron chi connectivity index (χ2n) is 5.47. The molecule has 2 aromatic rings. The van der Waals surface area contributed by atoms with Crippen LogP contribution in [0.1, 0.15) is 23.6 Å². The molecule has 0 spiro atoms. The van der Waals surface area contributed by atoms with Crippen molar-refractivity contribution in [1.82, 2.24) is 0 Å². The van der Waals surface area contributed by atoms with Gasteiger partial charge in [0.2, 0.25) is 0 Å². The second kappa shape index (κ2) is 6.03. The summed E-state index contributed by atoms with van der Waals surface area (Å²) in [6.07, 6.45) is 1.12. The Kier molecular flexibility index (Phi) is 3.94. The van der Waals surface area contributed by atoms with Gasteiger partial charge in [0.1, 0.15) is 6.61 Å². The van der Waals surface area contributed by atoms with E-state index in [-0.39, 0.29) is 6.61 Å². The quantitative estimate of drug-likeness (QED) is 0.853. The van der Waals surface area contributed by atoms with E-state index in [2.05, 4.69) is 60.1 Å². The van der Waals surface area contributed by atoms with Crippen molar-refractivity contribution in [2.24, 2.45) is 0 Å². The second-order valence-corrected chi connectivity index (χ2v) is 5.47. The summed E-state index contributed by atoms with van der Waals surface area (Å²) in [6.45, 7) is 3.11. The standard InChI is InChI=1S/C19H19NO/c1-15-13-18-6-2-3-7-19(18)20(15)14-17-10-8-16(9-11-17)5-4-12-21/h2-3,6-11,15,21H,12-14H2,1H3. The van der Waals surface area contributed by atoms with E-state index < -0.39 is 0 Å². The fourth-order valence-electron chi connectivity index (χ4n) is 2.90. The lowest BCUT2D eigenvalue weighted by Crippen LogP contribution is -2.28. The fourth-order valence-corrected chi connectivity index (χ4v) is 2.90. The van der Waals surface area contributed by atoms with Crippen LogP contribution in [0.4, 0.5) is 5.69 Å². The molecule has 1 aliphatic rings. The van der Waals surface area contributed by atoms with Crippen molar-refractivity contribution >= 4 is 5.69 Å². The topological polar surface area (TPSA) is 23.5 Å². The molecule has 1 heterocycles. The third-order valence-corrected chi connectivity index (χ3v) is 3.97. The minimum absolute atomic E-state index is 0.0934. The average molecular weight is 277 g/mol. The van der Waals surface area contributed by atoms with Crippen LogP contribution in [0.25, 0.3) is 0 Å². The van der Waals surface area contributed by atoms with Gasteiger partial charge in [-0.25, -0.2) is 0 Å². The molecule has 1 atom stereocenters. The highest BCUT2D eigenvalue weighted by molar-refractivity contribution is 5.59. The highest BCUT2D eigenvalue weighted by atomic mass is 16.2. The lowest BCUT2D eigenvalue weighted by atomic mass is 10.1. The number of aliphatic hydroxyl groups excluding tert-OH is 1. The van der Waals surface area contributed by atoms with Crippen molar-refractivity contribution in [2.45, 2.75) is 25.9 Å². The first-order chi connectivity index (χ1) is 10.3. The Hall–Kier alpha value is -2.24. The summed E-state index contributed by atoms with van der Waals surface area (Å²) < 4.78 is 0. The molecular formula is C19H19NO. The van der Waals surface area contributed by atoms with Crippen molar-refractivity contribution in [3.8, 4) is 11.8 Å². The first-order valence-electron chi connectivity index (χ1n) is 7.31. The molecule has 21 heavy (non-hydrogen) atoms. The Labute approximate surface area is 126 Å². The number of hydrogen-bond donors (Lipinski definition) is 1. The summed E-state index contributed by atoms with van der Waals surface area (Å²) in [6, 6.07) is 17.5. The van der Waals surface area contributed by atoms with Gasteiger partial charge in [0.05, 0.1) is 0 Å². The predicted molar refractivity (Wildman–Crippen MR) is 86.2 cm³/mol. The SMILES string of the molecule is CC1Cc2ccccc2N1Cc1ccc(C#CCO)cc1. The summed E-state index contributed by atoms with van der Waals surface area (Å²) in [5, 5.41) is 8.71. The van der Waals surface area contributed by atoms with E-state index in [1.807, 2.05) is 12.1 Å². The monoisotopic (exact) mass is 277 g/mol. The molecule has 0 radical (unpaired) electrons. The Morgan fingerprint density at radius 3 is 2.67 bits per heavy atom. The first kappa shape index (κ1) is 13.7. The van der Waals surface area contributed by atoms with Crippen LogP contribution in [0.5, 0.6) is 0 Å². The number of anilines is 1. The molecule has 0 saturated heterocycles. The first-order valence-corrected chi connectivity index (χ1v) is 7.31. The summed E-state index contributed by atoms with van der Waals surface area (Å²) in [5.74, 6) is 5.60. The lowest BCUT2D eigenvalue weighted by Gasteiger charge is -2.25. The minimum Gasteiger partial charge on any atom is -0.384 e. The molecule has 0 aromatic heterocycles. The zero-order valence-corrected chi connectivity index (χ0v) is 12.2. The van der Waals surface area contributed by atoms with E-state index in [1.54, 1.807) is 0 Å². The van der Waals surface area contributed by atoms with E-state index in [0.29, 0.717) is 6.04 Å². The highest BCUT2D eigenvalue weighted by Crippen LogP contribution is 2.32. The Morgan fingerprint density at radius 2 is 1.90 bits per heavy atom. The Balaban J connectivity index is 1.78. The highest BCUT2D eigenvalue weighted by Gasteiger charge is 2.25. The van der Waals surface area contributed by atoms with Crippen molar-refractivity contribution in [2.75, 3.05) is 11.5 Å². The van der Waals surface area contributed by atoms with Gasteiger partial charge in [-0.3, -0.25) is 0 Å². The van der Waals surface area contributed by atoms with Gasteiger partial charge in [-0.2, -0.15) is 0 Å². The molecule has 1 N–H and O–H groups in total. The van der Waals surface area contributed by atoms with Crippen LogP contribution < -0.4 is 4.90 Å². The summed E-state index contributed by atoms with van der Waals surface area (Å²) in [5.41, 5.74) is 5.03. The molecule has 3 rings (SSSR count). The van der Waals surface area contributed by atoms with Crippen molar-refractivity contribution in [3.63, 3.8) is 0 Å². The van der Waals surface area contributed by atoms with Crippen molar-refractivity contribution in [3.05, 3.63) is 65.2 Å². The van der Waals surface area contributed by atoms with E-state index in [1.165, 1.54) is 16.8 Å². The maximum absolute atomic E-state index is 8.71. The zero-order valence-electron chi connectivity index (χ0n) is 12.2. The number of rotatable bonds is 2. The largest absolute Gasteiger partial charge is 0.384 e. The summed E-state index contributed by atoms with van der Waals surface area (Å²) in [4.78, 5) is 2.46. The van der Waals surface area contributed by atoms with Gasteiger partial charge in [-0.1, -0.05) is 42.2 Å². The van der Waals surface area contributed by atoms with Crippen LogP contribution in [-0.2, 0) is 13.0 Å². The van der Waals surface area contributed by atoms with Gasteiger partial charge in [-0.15, -0.1) is 0 Å². The number of para-hydroxylation sites is 1. The van der Waals surface area contributed by atoms with E-state index in [0.717, 1.165) is 18.5 Å². The Bertz CT molecular complexity index is 679. The number of fused-ring (bicyclic) bond motifs is 1. The van der Waals surface area contributed by atoms with Crippen molar-refractivity contribution < 1.29 is 5.11 Å². The lowest BCUT2D eigenvalue weighted by molar-refractivity contribution is 0.350. The van der Waals surface area contributed by atoms with Gasteiger partial charge in [0.15, 0.2) is 0 Å². The summed E-state index contributed by atoms with van der Waals surface area (Å²) in [7, 11) is 0. The molecule has 2 aromatic carbocycles.